The Labute approximate surface area is 227 Å². The van der Waals surface area contributed by atoms with Crippen LogP contribution in [0.3, 0.4) is 0 Å². The molecule has 1 amide bonds. The van der Waals surface area contributed by atoms with Gasteiger partial charge in [0.1, 0.15) is 6.07 Å². The molecule has 2 aromatic heterocycles. The van der Waals surface area contributed by atoms with Crippen molar-refractivity contribution in [2.75, 3.05) is 37.7 Å². The zero-order valence-electron chi connectivity index (χ0n) is 22.0. The van der Waals surface area contributed by atoms with Gasteiger partial charge in [0.15, 0.2) is 0 Å². The van der Waals surface area contributed by atoms with Gasteiger partial charge in [-0.3, -0.25) is 9.89 Å². The first-order chi connectivity index (χ1) is 19.0. The van der Waals surface area contributed by atoms with Crippen molar-refractivity contribution >= 4 is 22.5 Å². The van der Waals surface area contributed by atoms with Crippen LogP contribution in [0.5, 0.6) is 5.88 Å². The third-order valence-corrected chi connectivity index (χ3v) is 8.01. The van der Waals surface area contributed by atoms with Crippen LogP contribution in [0, 0.1) is 23.7 Å². The van der Waals surface area contributed by atoms with Gasteiger partial charge in [-0.2, -0.15) is 10.4 Å². The summed E-state index contributed by atoms with van der Waals surface area (Å²) in [5.74, 6) is 0.421. The normalized spacial score (nSPS) is 15.8. The summed E-state index contributed by atoms with van der Waals surface area (Å²) in [6.45, 7) is 9.08. The molecule has 196 valence electrons. The number of H-pyrrole nitrogens is 1. The van der Waals surface area contributed by atoms with Gasteiger partial charge in [-0.25, -0.2) is 4.98 Å². The van der Waals surface area contributed by atoms with E-state index < -0.39 is 0 Å². The number of hydrogen-bond acceptors (Lipinski definition) is 6. The lowest BCUT2D eigenvalue weighted by Gasteiger charge is -2.47. The largest absolute Gasteiger partial charge is 0.477 e. The number of aromatic nitrogens is 3. The molecule has 2 aliphatic rings. The van der Waals surface area contributed by atoms with Crippen molar-refractivity contribution in [2.24, 2.45) is 5.41 Å². The number of nitrogens with one attached hydrogen (secondary N) is 1. The topological polar surface area (TPSA) is 98.1 Å². The number of amides is 1. The fourth-order valence-corrected chi connectivity index (χ4v) is 5.99. The standard InChI is InChI=1S/C31H30N6O2/c1-3-27(38)37-19-31(20-37)12-13-36(18-31)26-17-33-30(39-14-11-22-7-5-4-6-8-22)29(23(26)15-32)28-21(2)9-10-25-24(28)16-34-35-25/h3-10,16-17H,1,11-14,18-20H2,2H3,(H,34,35). The molecule has 0 aliphatic carbocycles. The lowest BCUT2D eigenvalue weighted by atomic mass is 9.79. The first-order valence-electron chi connectivity index (χ1n) is 13.2. The number of hydrogen-bond donors (Lipinski definition) is 1. The Kier molecular flexibility index (Phi) is 6.27. The molecule has 2 aromatic carbocycles. The van der Waals surface area contributed by atoms with Crippen molar-refractivity contribution in [3.63, 3.8) is 0 Å². The molecule has 2 fully saturated rings. The smallest absolute Gasteiger partial charge is 0.245 e. The molecular formula is C31H30N6O2. The minimum absolute atomic E-state index is 0.0265. The second-order valence-corrected chi connectivity index (χ2v) is 10.6. The van der Waals surface area contributed by atoms with Gasteiger partial charge >= 0.3 is 0 Å². The zero-order valence-corrected chi connectivity index (χ0v) is 22.0. The van der Waals surface area contributed by atoms with Gasteiger partial charge in [-0.15, -0.1) is 0 Å². The molecular weight excluding hydrogens is 488 g/mol. The van der Waals surface area contributed by atoms with E-state index in [1.165, 1.54) is 11.6 Å². The van der Waals surface area contributed by atoms with Crippen LogP contribution in [0.15, 0.2) is 67.5 Å². The highest BCUT2D eigenvalue weighted by molar-refractivity contribution is 6.00. The maximum atomic E-state index is 12.0. The molecule has 6 rings (SSSR count). The maximum Gasteiger partial charge on any atom is 0.245 e. The van der Waals surface area contributed by atoms with Crippen molar-refractivity contribution in [2.45, 2.75) is 19.8 Å². The number of anilines is 1. The molecule has 0 radical (unpaired) electrons. The van der Waals surface area contributed by atoms with Gasteiger partial charge in [0, 0.05) is 49.0 Å². The average Bonchev–Trinajstić information content (AvgIpc) is 3.60. The SMILES string of the molecule is C=CC(=O)N1CC2(CCN(c3cnc(OCCc4ccccc4)c(-c4c(C)ccc5[nH]ncc45)c3C#N)C2)C1. The van der Waals surface area contributed by atoms with E-state index in [2.05, 4.69) is 39.9 Å². The first-order valence-corrected chi connectivity index (χ1v) is 13.2. The molecule has 1 N–H and O–H groups in total. The molecule has 1 spiro atoms. The minimum atomic E-state index is -0.0265. The van der Waals surface area contributed by atoms with E-state index in [0.29, 0.717) is 36.7 Å². The summed E-state index contributed by atoms with van der Waals surface area (Å²) >= 11 is 0. The predicted molar refractivity (Wildman–Crippen MR) is 150 cm³/mol. The van der Waals surface area contributed by atoms with Gasteiger partial charge in [-0.1, -0.05) is 43.0 Å². The number of aryl methyl sites for hydroxylation is 1. The number of benzene rings is 2. The summed E-state index contributed by atoms with van der Waals surface area (Å²) in [5, 5.41) is 18.8. The molecule has 8 heteroatoms. The van der Waals surface area contributed by atoms with Gasteiger partial charge in [0.05, 0.1) is 41.3 Å². The van der Waals surface area contributed by atoms with Crippen LogP contribution in [0.25, 0.3) is 22.0 Å². The second-order valence-electron chi connectivity index (χ2n) is 10.6. The van der Waals surface area contributed by atoms with Crippen LogP contribution in [0.1, 0.15) is 23.1 Å². The quantitative estimate of drug-likeness (QED) is 0.358. The Morgan fingerprint density at radius 2 is 2.00 bits per heavy atom. The summed E-state index contributed by atoms with van der Waals surface area (Å²) in [6, 6.07) is 16.7. The number of pyridine rings is 1. The number of aromatic amines is 1. The third-order valence-electron chi connectivity index (χ3n) is 8.01. The molecule has 0 bridgehead atoms. The van der Waals surface area contributed by atoms with E-state index in [9.17, 15) is 10.1 Å². The van der Waals surface area contributed by atoms with E-state index in [1.807, 2.05) is 42.2 Å². The average molecular weight is 519 g/mol. The molecule has 0 atom stereocenters. The monoisotopic (exact) mass is 518 g/mol. The summed E-state index contributed by atoms with van der Waals surface area (Å²) in [7, 11) is 0. The van der Waals surface area contributed by atoms with E-state index in [4.69, 9.17) is 9.72 Å². The minimum Gasteiger partial charge on any atom is -0.477 e. The lowest BCUT2D eigenvalue weighted by molar-refractivity contribution is -0.136. The van der Waals surface area contributed by atoms with E-state index in [0.717, 1.165) is 53.6 Å². The molecule has 2 saturated heterocycles. The highest BCUT2D eigenvalue weighted by Crippen LogP contribution is 2.45. The second kappa shape index (κ2) is 9.91. The number of nitriles is 1. The number of fused-ring (bicyclic) bond motifs is 1. The van der Waals surface area contributed by atoms with Crippen molar-refractivity contribution in [3.05, 3.63) is 84.2 Å². The fourth-order valence-electron chi connectivity index (χ4n) is 5.99. The van der Waals surface area contributed by atoms with Crippen LogP contribution < -0.4 is 9.64 Å². The summed E-state index contributed by atoms with van der Waals surface area (Å²) in [4.78, 5) is 20.9. The van der Waals surface area contributed by atoms with Gasteiger partial charge < -0.3 is 14.5 Å². The zero-order chi connectivity index (χ0) is 27.0. The lowest BCUT2D eigenvalue weighted by Crippen LogP contribution is -2.59. The summed E-state index contributed by atoms with van der Waals surface area (Å²) in [5.41, 5.74) is 6.07. The van der Waals surface area contributed by atoms with Gasteiger partial charge in [0.2, 0.25) is 11.8 Å². The Balaban J connectivity index is 1.38. The van der Waals surface area contributed by atoms with Crippen molar-refractivity contribution in [3.8, 4) is 23.1 Å². The van der Waals surface area contributed by atoms with Crippen LogP contribution in [0.2, 0.25) is 0 Å². The molecule has 4 heterocycles. The molecule has 2 aliphatic heterocycles. The van der Waals surface area contributed by atoms with Crippen LogP contribution in [-0.2, 0) is 11.2 Å². The Morgan fingerprint density at radius 3 is 2.77 bits per heavy atom. The van der Waals surface area contributed by atoms with Crippen LogP contribution in [-0.4, -0.2) is 58.8 Å². The molecule has 0 unspecified atom stereocenters. The number of carbonyl (C=O) groups excluding carboxylic acids is 1. The number of likely N-dealkylation sites (tertiary alicyclic amines) is 1. The number of rotatable bonds is 7. The van der Waals surface area contributed by atoms with Crippen molar-refractivity contribution < 1.29 is 9.53 Å². The molecule has 39 heavy (non-hydrogen) atoms. The molecule has 4 aromatic rings. The Morgan fingerprint density at radius 1 is 1.18 bits per heavy atom. The highest BCUT2D eigenvalue weighted by atomic mass is 16.5. The van der Waals surface area contributed by atoms with E-state index >= 15 is 0 Å². The summed E-state index contributed by atoms with van der Waals surface area (Å²) < 4.78 is 6.30. The number of ether oxygens (including phenoxy) is 1. The number of carbonyl (C=O) groups is 1. The highest BCUT2D eigenvalue weighted by Gasteiger charge is 2.49. The number of nitrogens with zero attached hydrogens (tertiary/aromatic N) is 5. The Bertz CT molecular complexity index is 1600. The van der Waals surface area contributed by atoms with Gasteiger partial charge in [-0.05, 0) is 36.6 Å². The Hall–Kier alpha value is -4.64. The maximum absolute atomic E-state index is 12.0. The third kappa shape index (κ3) is 4.40. The van der Waals surface area contributed by atoms with Crippen molar-refractivity contribution in [1.82, 2.24) is 20.1 Å². The van der Waals surface area contributed by atoms with Crippen molar-refractivity contribution in [1.29, 1.82) is 5.26 Å². The van der Waals surface area contributed by atoms with Crippen LogP contribution in [0.4, 0.5) is 5.69 Å². The first kappa shape index (κ1) is 24.7. The van der Waals surface area contributed by atoms with Gasteiger partial charge in [0.25, 0.3) is 0 Å². The predicted octanol–water partition coefficient (Wildman–Crippen LogP) is 4.65. The molecule has 0 saturated carbocycles. The van der Waals surface area contributed by atoms with Crippen LogP contribution >= 0.6 is 0 Å². The van der Waals surface area contributed by atoms with E-state index in [-0.39, 0.29) is 11.3 Å². The fraction of sp³-hybridized carbons (Fsp3) is 0.290. The molecule has 8 nitrogen and oxygen atoms in total. The summed E-state index contributed by atoms with van der Waals surface area (Å²) in [6.07, 6.45) is 6.63. The van der Waals surface area contributed by atoms with E-state index in [1.54, 1.807) is 12.4 Å².